The number of aromatic carboxylic acids is 1. The van der Waals surface area contributed by atoms with Crippen LogP contribution in [-0.2, 0) is 14.8 Å². The molecule has 144 valence electrons. The molecular formula is C17H24N2O6S. The molecule has 0 aliphatic carbocycles. The number of hydrogen-bond donors (Lipinski definition) is 2. The molecule has 8 nitrogen and oxygen atoms in total. The first-order chi connectivity index (χ1) is 12.1. The molecule has 1 saturated heterocycles. The Bertz CT molecular complexity index is 777. The summed E-state index contributed by atoms with van der Waals surface area (Å²) in [6, 6.07) is 5.39. The van der Waals surface area contributed by atoms with E-state index in [1.54, 1.807) is 0 Å². The van der Waals surface area contributed by atoms with E-state index in [1.807, 2.05) is 19.0 Å². The summed E-state index contributed by atoms with van der Waals surface area (Å²) in [7, 11) is -0.0312. The molecule has 0 bridgehead atoms. The molecule has 0 spiro atoms. The number of rotatable bonds is 7. The number of carboxylic acid groups (broad SMARTS) is 2. The van der Waals surface area contributed by atoms with Crippen molar-refractivity contribution in [2.24, 2.45) is 5.92 Å². The van der Waals surface area contributed by atoms with E-state index >= 15 is 0 Å². The second-order valence-electron chi connectivity index (χ2n) is 6.71. The Kier molecular flexibility index (Phi) is 6.38. The Balaban J connectivity index is 2.25. The maximum Gasteiger partial charge on any atom is 0.335 e. The number of carboxylic acids is 2. The van der Waals surface area contributed by atoms with Crippen LogP contribution in [0.3, 0.4) is 0 Å². The van der Waals surface area contributed by atoms with Gasteiger partial charge >= 0.3 is 11.9 Å². The maximum absolute atomic E-state index is 12.9. The molecule has 1 aliphatic rings. The van der Waals surface area contributed by atoms with Crippen molar-refractivity contribution in [3.63, 3.8) is 0 Å². The fourth-order valence-electron chi connectivity index (χ4n) is 3.42. The lowest BCUT2D eigenvalue weighted by Crippen LogP contribution is -2.50. The maximum atomic E-state index is 12.9. The van der Waals surface area contributed by atoms with Crippen molar-refractivity contribution in [2.45, 2.75) is 30.2 Å². The monoisotopic (exact) mass is 384 g/mol. The van der Waals surface area contributed by atoms with E-state index < -0.39 is 22.0 Å². The van der Waals surface area contributed by atoms with Gasteiger partial charge < -0.3 is 15.1 Å². The van der Waals surface area contributed by atoms with Gasteiger partial charge in [-0.1, -0.05) is 6.07 Å². The number of sulfonamides is 1. The summed E-state index contributed by atoms with van der Waals surface area (Å²) in [4.78, 5) is 24.0. The summed E-state index contributed by atoms with van der Waals surface area (Å²) in [6.45, 7) is 0.530. The van der Waals surface area contributed by atoms with Crippen molar-refractivity contribution in [3.8, 4) is 0 Å². The van der Waals surface area contributed by atoms with Gasteiger partial charge in [-0.05, 0) is 51.1 Å². The van der Waals surface area contributed by atoms with Crippen LogP contribution in [0.5, 0.6) is 0 Å². The van der Waals surface area contributed by atoms with Crippen LogP contribution in [0.15, 0.2) is 29.2 Å². The Morgan fingerprint density at radius 2 is 1.96 bits per heavy atom. The van der Waals surface area contributed by atoms with Gasteiger partial charge in [0, 0.05) is 25.6 Å². The molecule has 1 aliphatic heterocycles. The molecule has 9 heteroatoms. The van der Waals surface area contributed by atoms with E-state index in [9.17, 15) is 18.0 Å². The first-order valence-corrected chi connectivity index (χ1v) is 9.78. The third-order valence-electron chi connectivity index (χ3n) is 4.77. The first-order valence-electron chi connectivity index (χ1n) is 8.34. The van der Waals surface area contributed by atoms with Crippen LogP contribution in [0.1, 0.15) is 29.6 Å². The van der Waals surface area contributed by atoms with E-state index in [1.165, 1.54) is 22.5 Å². The lowest BCUT2D eigenvalue weighted by Gasteiger charge is -2.41. The summed E-state index contributed by atoms with van der Waals surface area (Å²) in [5.74, 6) is -2.20. The van der Waals surface area contributed by atoms with Crippen LogP contribution in [-0.4, -0.2) is 73.0 Å². The fraction of sp³-hybridized carbons (Fsp3) is 0.529. The van der Waals surface area contributed by atoms with E-state index in [4.69, 9.17) is 10.2 Å². The van der Waals surface area contributed by atoms with Gasteiger partial charge in [-0.15, -0.1) is 0 Å². The lowest BCUT2D eigenvalue weighted by atomic mass is 9.88. The van der Waals surface area contributed by atoms with Gasteiger partial charge in [-0.2, -0.15) is 4.31 Å². The average Bonchev–Trinajstić information content (AvgIpc) is 2.59. The summed E-state index contributed by atoms with van der Waals surface area (Å²) in [6.07, 6.45) is 0.964. The summed E-state index contributed by atoms with van der Waals surface area (Å²) in [5, 5.41) is 18.0. The van der Waals surface area contributed by atoms with E-state index in [0.29, 0.717) is 19.4 Å². The third-order valence-corrected chi connectivity index (χ3v) is 6.63. The predicted octanol–water partition coefficient (Wildman–Crippen LogP) is 1.19. The van der Waals surface area contributed by atoms with Crippen LogP contribution in [0.4, 0.5) is 0 Å². The molecule has 1 aromatic rings. The zero-order valence-electron chi connectivity index (χ0n) is 14.8. The molecular weight excluding hydrogens is 360 g/mol. The minimum absolute atomic E-state index is 0.0165. The Hall–Kier alpha value is -1.97. The number of piperidine rings is 1. The largest absolute Gasteiger partial charge is 0.481 e. The molecule has 0 radical (unpaired) electrons. The second-order valence-corrected chi connectivity index (χ2v) is 8.65. The third kappa shape index (κ3) is 4.60. The van der Waals surface area contributed by atoms with E-state index in [0.717, 1.165) is 6.07 Å². The van der Waals surface area contributed by atoms with Crippen molar-refractivity contribution in [1.82, 2.24) is 9.21 Å². The smallest absolute Gasteiger partial charge is 0.335 e. The zero-order valence-corrected chi connectivity index (χ0v) is 15.6. The van der Waals surface area contributed by atoms with Gasteiger partial charge in [0.25, 0.3) is 0 Å². The lowest BCUT2D eigenvalue weighted by molar-refractivity contribution is -0.137. The number of carbonyl (C=O) groups is 2. The van der Waals surface area contributed by atoms with Crippen molar-refractivity contribution in [3.05, 3.63) is 29.8 Å². The molecule has 1 fully saturated rings. The predicted molar refractivity (Wildman–Crippen MR) is 94.6 cm³/mol. The highest BCUT2D eigenvalue weighted by atomic mass is 32.2. The number of aliphatic carboxylic acids is 1. The van der Waals surface area contributed by atoms with Crippen LogP contribution < -0.4 is 0 Å². The molecule has 2 atom stereocenters. The number of benzene rings is 1. The Labute approximate surface area is 153 Å². The molecule has 0 amide bonds. The van der Waals surface area contributed by atoms with E-state index in [2.05, 4.69) is 0 Å². The summed E-state index contributed by atoms with van der Waals surface area (Å²) in [5.41, 5.74) is -0.0864. The van der Waals surface area contributed by atoms with Gasteiger partial charge in [0.05, 0.1) is 10.5 Å². The van der Waals surface area contributed by atoms with Gasteiger partial charge in [0.15, 0.2) is 0 Å². The van der Waals surface area contributed by atoms with Gasteiger partial charge in [0.2, 0.25) is 10.0 Å². The van der Waals surface area contributed by atoms with E-state index in [-0.39, 0.29) is 35.4 Å². The van der Waals surface area contributed by atoms with Crippen LogP contribution in [0, 0.1) is 5.92 Å². The van der Waals surface area contributed by atoms with Crippen molar-refractivity contribution in [2.75, 3.05) is 27.2 Å². The van der Waals surface area contributed by atoms with Crippen LogP contribution in [0.2, 0.25) is 0 Å². The zero-order chi connectivity index (χ0) is 19.5. The molecule has 2 N–H and O–H groups in total. The first kappa shape index (κ1) is 20.3. The molecule has 0 unspecified atom stereocenters. The minimum Gasteiger partial charge on any atom is -0.481 e. The number of hydrogen-bond acceptors (Lipinski definition) is 5. The highest BCUT2D eigenvalue weighted by Gasteiger charge is 2.36. The fourth-order valence-corrected chi connectivity index (χ4v) is 4.97. The molecule has 1 aromatic carbocycles. The van der Waals surface area contributed by atoms with Crippen molar-refractivity contribution in [1.29, 1.82) is 0 Å². The summed E-state index contributed by atoms with van der Waals surface area (Å²) >= 11 is 0. The summed E-state index contributed by atoms with van der Waals surface area (Å²) < 4.78 is 27.2. The van der Waals surface area contributed by atoms with Crippen LogP contribution in [0.25, 0.3) is 0 Å². The molecule has 0 aromatic heterocycles. The van der Waals surface area contributed by atoms with Gasteiger partial charge in [0.1, 0.15) is 0 Å². The normalized spacial score (nSPS) is 21.7. The highest BCUT2D eigenvalue weighted by molar-refractivity contribution is 7.89. The Morgan fingerprint density at radius 3 is 2.54 bits per heavy atom. The highest BCUT2D eigenvalue weighted by Crippen LogP contribution is 2.29. The molecule has 0 saturated carbocycles. The molecule has 1 heterocycles. The molecule has 26 heavy (non-hydrogen) atoms. The standard InChI is InChI=1S/C17H24N2O6S/c1-18(2)15-8-9-19(11-13(15)6-7-16(20)21)26(24,25)14-5-3-4-12(10-14)17(22)23/h3-5,10,13,15H,6-9,11H2,1-2H3,(H,20,21)(H,22,23)/t13-,15+/m0/s1. The van der Waals surface area contributed by atoms with Crippen LogP contribution >= 0.6 is 0 Å². The number of nitrogens with zero attached hydrogens (tertiary/aromatic N) is 2. The second kappa shape index (κ2) is 8.15. The topological polar surface area (TPSA) is 115 Å². The quantitative estimate of drug-likeness (QED) is 0.725. The minimum atomic E-state index is -3.83. The Morgan fingerprint density at radius 1 is 1.27 bits per heavy atom. The molecule has 2 rings (SSSR count). The van der Waals surface area contributed by atoms with Gasteiger partial charge in [-0.25, -0.2) is 13.2 Å². The van der Waals surface area contributed by atoms with Gasteiger partial charge in [-0.3, -0.25) is 4.79 Å². The SMILES string of the molecule is CN(C)[C@@H]1CCN(S(=O)(=O)c2cccc(C(=O)O)c2)C[C@@H]1CCC(=O)O. The van der Waals surface area contributed by atoms with Crippen molar-refractivity contribution < 1.29 is 28.2 Å². The van der Waals surface area contributed by atoms with Crippen molar-refractivity contribution >= 4 is 22.0 Å². The average molecular weight is 384 g/mol.